The predicted molar refractivity (Wildman–Crippen MR) is 80.4 cm³/mol. The third kappa shape index (κ3) is 2.46. The molecule has 8 nitrogen and oxygen atoms in total. The second kappa shape index (κ2) is 5.47. The molecule has 1 aliphatic rings. The fourth-order valence-corrected chi connectivity index (χ4v) is 3.09. The number of carbonyl (C=O) groups is 1. The minimum atomic E-state index is -0.674. The Bertz CT molecular complexity index is 854. The molecule has 0 bridgehead atoms. The molecule has 1 aliphatic heterocycles. The maximum absolute atomic E-state index is 11.1. The Morgan fingerprint density at radius 3 is 3.17 bits per heavy atom. The van der Waals surface area contributed by atoms with Crippen molar-refractivity contribution >= 4 is 11.4 Å². The Morgan fingerprint density at radius 1 is 1.43 bits per heavy atom. The minimum Gasteiger partial charge on any atom is -0.363 e. The third-order valence-corrected chi connectivity index (χ3v) is 4.19. The van der Waals surface area contributed by atoms with E-state index in [1.807, 2.05) is 35.1 Å². The number of amides is 1. The number of nitrogens with zero attached hydrogens (tertiary/aromatic N) is 5. The summed E-state index contributed by atoms with van der Waals surface area (Å²) < 4.78 is 7.08. The molecule has 8 heteroatoms. The molecule has 0 spiro atoms. The first-order chi connectivity index (χ1) is 11.2. The van der Waals surface area contributed by atoms with Gasteiger partial charge in [0.25, 0.3) is 11.7 Å². The molecular formula is C15H16N6O2. The summed E-state index contributed by atoms with van der Waals surface area (Å²) in [4.78, 5) is 17.5. The average Bonchev–Trinajstić information content (AvgIpc) is 3.26. The van der Waals surface area contributed by atoms with E-state index in [1.165, 1.54) is 0 Å². The number of likely N-dealkylation sites (tertiary alicyclic amines) is 1. The maximum Gasteiger partial charge on any atom is 0.290 e. The number of nitrogens with two attached hydrogens (primary N) is 1. The molecule has 1 amide bonds. The van der Waals surface area contributed by atoms with Crippen LogP contribution in [-0.2, 0) is 6.54 Å². The van der Waals surface area contributed by atoms with Crippen molar-refractivity contribution in [1.29, 1.82) is 0 Å². The van der Waals surface area contributed by atoms with Gasteiger partial charge >= 0.3 is 0 Å². The fourth-order valence-electron chi connectivity index (χ4n) is 3.09. The van der Waals surface area contributed by atoms with E-state index < -0.39 is 5.91 Å². The van der Waals surface area contributed by atoms with Crippen molar-refractivity contribution < 1.29 is 9.32 Å². The first-order valence-electron chi connectivity index (χ1n) is 7.51. The van der Waals surface area contributed by atoms with E-state index in [-0.39, 0.29) is 11.9 Å². The number of carbonyl (C=O) groups excluding carboxylic acids is 1. The standard InChI is InChI=1S/C15H16N6O2/c16-13(22)14-18-15(23-19-14)12-5-3-6-20(12)9-10-8-17-21-7-2-1-4-11(10)21/h1-2,4,7-8,12H,3,5-6,9H2,(H2,16,22). The predicted octanol–water partition coefficient (Wildman–Crippen LogP) is 1.15. The molecule has 0 aliphatic carbocycles. The molecule has 2 N–H and O–H groups in total. The first-order valence-corrected chi connectivity index (χ1v) is 7.51. The van der Waals surface area contributed by atoms with Gasteiger partial charge in [-0.05, 0) is 31.5 Å². The maximum atomic E-state index is 11.1. The molecule has 4 heterocycles. The highest BCUT2D eigenvalue weighted by molar-refractivity contribution is 5.88. The lowest BCUT2D eigenvalue weighted by Crippen LogP contribution is -2.23. The molecule has 1 fully saturated rings. The molecule has 0 saturated carbocycles. The van der Waals surface area contributed by atoms with Crippen LogP contribution in [0.1, 0.15) is 41.0 Å². The third-order valence-electron chi connectivity index (χ3n) is 4.19. The average molecular weight is 312 g/mol. The van der Waals surface area contributed by atoms with Crippen molar-refractivity contribution in [2.24, 2.45) is 5.73 Å². The van der Waals surface area contributed by atoms with Crippen LogP contribution in [0, 0.1) is 0 Å². The van der Waals surface area contributed by atoms with Crippen molar-refractivity contribution in [3.05, 3.63) is 47.9 Å². The number of pyridine rings is 1. The normalized spacial score (nSPS) is 18.7. The SMILES string of the molecule is NC(=O)c1noc(C2CCCN2Cc2cnn3ccccc23)n1. The summed E-state index contributed by atoms with van der Waals surface area (Å²) in [5, 5.41) is 8.00. The summed E-state index contributed by atoms with van der Waals surface area (Å²) in [6, 6.07) is 6.01. The number of rotatable bonds is 4. The highest BCUT2D eigenvalue weighted by Gasteiger charge is 2.31. The highest BCUT2D eigenvalue weighted by Crippen LogP contribution is 2.32. The zero-order chi connectivity index (χ0) is 15.8. The van der Waals surface area contributed by atoms with Crippen LogP contribution < -0.4 is 5.73 Å². The van der Waals surface area contributed by atoms with Crippen molar-refractivity contribution in [2.45, 2.75) is 25.4 Å². The van der Waals surface area contributed by atoms with Crippen LogP contribution in [-0.4, -0.2) is 37.1 Å². The van der Waals surface area contributed by atoms with Gasteiger partial charge in [0, 0.05) is 18.3 Å². The molecular weight excluding hydrogens is 296 g/mol. The molecule has 1 atom stereocenters. The van der Waals surface area contributed by atoms with Gasteiger partial charge < -0.3 is 10.3 Å². The van der Waals surface area contributed by atoms with Crippen molar-refractivity contribution in [3.63, 3.8) is 0 Å². The molecule has 0 radical (unpaired) electrons. The molecule has 0 aromatic carbocycles. The Balaban J connectivity index is 1.59. The van der Waals surface area contributed by atoms with E-state index in [2.05, 4.69) is 20.1 Å². The summed E-state index contributed by atoms with van der Waals surface area (Å²) >= 11 is 0. The van der Waals surface area contributed by atoms with E-state index in [1.54, 1.807) is 0 Å². The number of hydrogen-bond acceptors (Lipinski definition) is 6. The van der Waals surface area contributed by atoms with Crippen LogP contribution in [0.3, 0.4) is 0 Å². The lowest BCUT2D eigenvalue weighted by molar-refractivity contribution is 0.0987. The van der Waals surface area contributed by atoms with Gasteiger partial charge in [-0.15, -0.1) is 0 Å². The summed E-state index contributed by atoms with van der Waals surface area (Å²) in [6.07, 6.45) is 5.77. The monoisotopic (exact) mass is 312 g/mol. The Labute approximate surface area is 131 Å². The van der Waals surface area contributed by atoms with Gasteiger partial charge in [-0.1, -0.05) is 11.2 Å². The summed E-state index contributed by atoms with van der Waals surface area (Å²) in [5.74, 6) is -0.289. The minimum absolute atomic E-state index is 0.00858. The second-order valence-electron chi connectivity index (χ2n) is 5.65. The van der Waals surface area contributed by atoms with Crippen molar-refractivity contribution in [3.8, 4) is 0 Å². The molecule has 118 valence electrons. The van der Waals surface area contributed by atoms with E-state index in [0.29, 0.717) is 5.89 Å². The van der Waals surface area contributed by atoms with E-state index in [9.17, 15) is 4.79 Å². The topological polar surface area (TPSA) is 103 Å². The molecule has 3 aromatic heterocycles. The van der Waals surface area contributed by atoms with Crippen LogP contribution in [0.5, 0.6) is 0 Å². The molecule has 23 heavy (non-hydrogen) atoms. The summed E-state index contributed by atoms with van der Waals surface area (Å²) in [5.41, 5.74) is 7.41. The van der Waals surface area contributed by atoms with Gasteiger partial charge in [-0.2, -0.15) is 10.1 Å². The smallest absolute Gasteiger partial charge is 0.290 e. The van der Waals surface area contributed by atoms with Crippen LogP contribution in [0.2, 0.25) is 0 Å². The number of fused-ring (bicyclic) bond motifs is 1. The van der Waals surface area contributed by atoms with Gasteiger partial charge in [0.1, 0.15) is 0 Å². The zero-order valence-corrected chi connectivity index (χ0v) is 12.4. The molecule has 1 unspecified atom stereocenters. The van der Waals surface area contributed by atoms with Crippen LogP contribution in [0.15, 0.2) is 35.1 Å². The Morgan fingerprint density at radius 2 is 2.35 bits per heavy atom. The van der Waals surface area contributed by atoms with Crippen LogP contribution in [0.25, 0.3) is 5.52 Å². The summed E-state index contributed by atoms with van der Waals surface area (Å²) in [7, 11) is 0. The summed E-state index contributed by atoms with van der Waals surface area (Å²) in [6.45, 7) is 1.68. The molecule has 1 saturated heterocycles. The lowest BCUT2D eigenvalue weighted by Gasteiger charge is -2.20. The van der Waals surface area contributed by atoms with Crippen molar-refractivity contribution in [2.75, 3.05) is 6.54 Å². The van der Waals surface area contributed by atoms with Gasteiger partial charge in [-0.3, -0.25) is 9.69 Å². The number of aromatic nitrogens is 4. The van der Waals surface area contributed by atoms with E-state index in [0.717, 1.165) is 37.0 Å². The van der Waals surface area contributed by atoms with Crippen LogP contribution in [0.4, 0.5) is 0 Å². The van der Waals surface area contributed by atoms with E-state index in [4.69, 9.17) is 10.3 Å². The lowest BCUT2D eigenvalue weighted by atomic mass is 10.2. The zero-order valence-electron chi connectivity index (χ0n) is 12.4. The number of primary amides is 1. The quantitative estimate of drug-likeness (QED) is 0.775. The second-order valence-corrected chi connectivity index (χ2v) is 5.65. The first kappa shape index (κ1) is 13.9. The van der Waals surface area contributed by atoms with Gasteiger partial charge in [-0.25, -0.2) is 4.52 Å². The highest BCUT2D eigenvalue weighted by atomic mass is 16.5. The van der Waals surface area contributed by atoms with Gasteiger partial charge in [0.05, 0.1) is 17.8 Å². The van der Waals surface area contributed by atoms with E-state index >= 15 is 0 Å². The van der Waals surface area contributed by atoms with Crippen molar-refractivity contribution in [1.82, 2.24) is 24.7 Å². The fraction of sp³-hybridized carbons (Fsp3) is 0.333. The van der Waals surface area contributed by atoms with Gasteiger partial charge in [0.2, 0.25) is 5.89 Å². The molecule has 3 aromatic rings. The largest absolute Gasteiger partial charge is 0.363 e. The van der Waals surface area contributed by atoms with Gasteiger partial charge in [0.15, 0.2) is 0 Å². The van der Waals surface area contributed by atoms with Crippen LogP contribution >= 0.6 is 0 Å². The Kier molecular flexibility index (Phi) is 3.30. The number of hydrogen-bond donors (Lipinski definition) is 1. The Hall–Kier alpha value is -2.74. The molecule has 4 rings (SSSR count).